The summed E-state index contributed by atoms with van der Waals surface area (Å²) in [6.45, 7) is 0. The number of benzene rings is 2. The molecule has 0 unspecified atom stereocenters. The van der Waals surface area contributed by atoms with Gasteiger partial charge in [-0.15, -0.1) is 0 Å². The number of anilines is 2. The van der Waals surface area contributed by atoms with E-state index in [0.717, 1.165) is 36.4 Å². The average molecular weight is 360 g/mol. The summed E-state index contributed by atoms with van der Waals surface area (Å²) in [6.07, 6.45) is -4.46. The number of hydrogen-bond acceptors (Lipinski definition) is 3. The van der Waals surface area contributed by atoms with E-state index in [9.17, 15) is 26.4 Å². The highest BCUT2D eigenvalue weighted by molar-refractivity contribution is 7.85. The van der Waals surface area contributed by atoms with E-state index < -0.39 is 27.9 Å². The molecule has 0 spiro atoms. The van der Waals surface area contributed by atoms with Gasteiger partial charge in [-0.25, -0.2) is 4.79 Å². The summed E-state index contributed by atoms with van der Waals surface area (Å²) in [5.74, 6) is 0. The molecular weight excluding hydrogens is 349 g/mol. The van der Waals surface area contributed by atoms with Gasteiger partial charge in [-0.1, -0.05) is 0 Å². The third-order valence-electron chi connectivity index (χ3n) is 2.88. The van der Waals surface area contributed by atoms with Crippen LogP contribution in [-0.2, 0) is 16.3 Å². The minimum atomic E-state index is -4.46. The van der Waals surface area contributed by atoms with Gasteiger partial charge in [0, 0.05) is 11.4 Å². The second kappa shape index (κ2) is 6.49. The molecular formula is C14H11F3N2O4S. The van der Waals surface area contributed by atoms with Gasteiger partial charge in [0.25, 0.3) is 10.1 Å². The minimum Gasteiger partial charge on any atom is -0.308 e. The zero-order chi connectivity index (χ0) is 18.0. The summed E-state index contributed by atoms with van der Waals surface area (Å²) in [4.78, 5) is 11.4. The molecule has 2 aromatic rings. The predicted molar refractivity (Wildman–Crippen MR) is 80.3 cm³/mol. The molecule has 0 radical (unpaired) electrons. The van der Waals surface area contributed by atoms with Crippen molar-refractivity contribution in [2.24, 2.45) is 0 Å². The van der Waals surface area contributed by atoms with Crippen LogP contribution in [0.5, 0.6) is 0 Å². The second-order valence-corrected chi connectivity index (χ2v) is 6.08. The van der Waals surface area contributed by atoms with E-state index >= 15 is 0 Å². The molecule has 0 heterocycles. The fourth-order valence-corrected chi connectivity index (χ4v) is 2.23. The highest BCUT2D eigenvalue weighted by Gasteiger charge is 2.29. The molecule has 0 fully saturated rings. The fraction of sp³-hybridized carbons (Fsp3) is 0.0714. The van der Waals surface area contributed by atoms with E-state index in [-0.39, 0.29) is 16.3 Å². The SMILES string of the molecule is O=C(Nc1ccc(C(F)(F)F)cc1)Nc1ccc(S(=O)(=O)O)cc1. The second-order valence-electron chi connectivity index (χ2n) is 4.65. The first-order valence-electron chi connectivity index (χ1n) is 6.38. The Labute approximate surface area is 135 Å². The molecule has 0 saturated carbocycles. The van der Waals surface area contributed by atoms with E-state index in [0.29, 0.717) is 0 Å². The van der Waals surface area contributed by atoms with Gasteiger partial charge in [-0.05, 0) is 48.5 Å². The zero-order valence-corrected chi connectivity index (χ0v) is 12.6. The Balaban J connectivity index is 2.00. The standard InChI is InChI=1S/C14H11F3N2O4S/c15-14(16,17)9-1-3-10(4-2-9)18-13(20)19-11-5-7-12(8-6-11)24(21,22)23/h1-8H,(H2,18,19,20)(H,21,22,23). The summed E-state index contributed by atoms with van der Waals surface area (Å²) >= 11 is 0. The van der Waals surface area contributed by atoms with Crippen molar-refractivity contribution in [2.45, 2.75) is 11.1 Å². The number of carbonyl (C=O) groups excluding carboxylic acids is 1. The normalized spacial score (nSPS) is 11.8. The largest absolute Gasteiger partial charge is 0.416 e. The van der Waals surface area contributed by atoms with Crippen LogP contribution < -0.4 is 10.6 Å². The molecule has 0 atom stereocenters. The quantitative estimate of drug-likeness (QED) is 0.729. The van der Waals surface area contributed by atoms with Crippen molar-refractivity contribution in [2.75, 3.05) is 10.6 Å². The molecule has 0 aliphatic carbocycles. The smallest absolute Gasteiger partial charge is 0.308 e. The van der Waals surface area contributed by atoms with Crippen LogP contribution in [0, 0.1) is 0 Å². The number of carbonyl (C=O) groups is 1. The Morgan fingerprint density at radius 2 is 1.29 bits per heavy atom. The van der Waals surface area contributed by atoms with E-state index in [2.05, 4.69) is 10.6 Å². The number of rotatable bonds is 3. The maximum absolute atomic E-state index is 12.4. The molecule has 10 heteroatoms. The molecule has 2 rings (SSSR count). The zero-order valence-electron chi connectivity index (χ0n) is 11.8. The molecule has 6 nitrogen and oxygen atoms in total. The minimum absolute atomic E-state index is 0.148. The van der Waals surface area contributed by atoms with E-state index in [1.807, 2.05) is 0 Å². The van der Waals surface area contributed by atoms with Gasteiger partial charge < -0.3 is 10.6 Å². The molecule has 0 saturated heterocycles. The first-order valence-corrected chi connectivity index (χ1v) is 7.82. The lowest BCUT2D eigenvalue weighted by molar-refractivity contribution is -0.137. The first-order chi connectivity index (χ1) is 11.1. The topological polar surface area (TPSA) is 95.5 Å². The van der Waals surface area contributed by atoms with Crippen LogP contribution in [0.2, 0.25) is 0 Å². The molecule has 2 amide bonds. The molecule has 2 aromatic carbocycles. The van der Waals surface area contributed by atoms with Crippen molar-refractivity contribution in [3.8, 4) is 0 Å². The highest BCUT2D eigenvalue weighted by atomic mass is 32.2. The third-order valence-corrected chi connectivity index (χ3v) is 3.75. The third kappa shape index (κ3) is 4.70. The van der Waals surface area contributed by atoms with Crippen LogP contribution in [0.25, 0.3) is 0 Å². The Bertz CT molecular complexity index is 832. The number of amides is 2. The summed E-state index contributed by atoms with van der Waals surface area (Å²) in [6, 6.07) is 7.80. The highest BCUT2D eigenvalue weighted by Crippen LogP contribution is 2.29. The van der Waals surface area contributed by atoms with E-state index in [1.54, 1.807) is 0 Å². The summed E-state index contributed by atoms with van der Waals surface area (Å²) in [5.41, 5.74) is -0.462. The molecule has 0 aromatic heterocycles. The van der Waals surface area contributed by atoms with Crippen molar-refractivity contribution in [3.05, 3.63) is 54.1 Å². The van der Waals surface area contributed by atoms with E-state index in [4.69, 9.17) is 4.55 Å². The Kier molecular flexibility index (Phi) is 4.81. The fourth-order valence-electron chi connectivity index (χ4n) is 1.75. The molecule has 0 aliphatic heterocycles. The maximum atomic E-state index is 12.4. The van der Waals surface area contributed by atoms with Gasteiger partial charge in [0.15, 0.2) is 0 Å². The van der Waals surface area contributed by atoms with E-state index in [1.165, 1.54) is 12.1 Å². The van der Waals surface area contributed by atoms with Crippen molar-refractivity contribution in [3.63, 3.8) is 0 Å². The average Bonchev–Trinajstić information content (AvgIpc) is 2.46. The van der Waals surface area contributed by atoms with Gasteiger partial charge in [-0.3, -0.25) is 4.55 Å². The van der Waals surface area contributed by atoms with Crippen molar-refractivity contribution >= 4 is 27.5 Å². The Morgan fingerprint density at radius 3 is 1.67 bits per heavy atom. The van der Waals surface area contributed by atoms with Crippen LogP contribution >= 0.6 is 0 Å². The Morgan fingerprint density at radius 1 is 0.875 bits per heavy atom. The number of hydrogen-bond donors (Lipinski definition) is 3. The lowest BCUT2D eigenvalue weighted by Crippen LogP contribution is -2.19. The van der Waals surface area contributed by atoms with Crippen molar-refractivity contribution < 1.29 is 30.9 Å². The molecule has 3 N–H and O–H groups in total. The Hall–Kier alpha value is -2.59. The summed E-state index contributed by atoms with van der Waals surface area (Å²) in [5, 5.41) is 4.69. The van der Waals surface area contributed by atoms with Crippen LogP contribution in [-0.4, -0.2) is 19.0 Å². The number of urea groups is 1. The lowest BCUT2D eigenvalue weighted by Gasteiger charge is -2.10. The van der Waals surface area contributed by atoms with Crippen LogP contribution in [0.3, 0.4) is 0 Å². The van der Waals surface area contributed by atoms with Gasteiger partial charge in [0.05, 0.1) is 10.5 Å². The summed E-state index contributed by atoms with van der Waals surface area (Å²) < 4.78 is 67.9. The molecule has 128 valence electrons. The molecule has 0 bridgehead atoms. The number of nitrogens with one attached hydrogen (secondary N) is 2. The monoisotopic (exact) mass is 360 g/mol. The number of halogens is 3. The van der Waals surface area contributed by atoms with Crippen molar-refractivity contribution in [1.29, 1.82) is 0 Å². The van der Waals surface area contributed by atoms with Gasteiger partial charge >= 0.3 is 12.2 Å². The first kappa shape index (κ1) is 17.8. The van der Waals surface area contributed by atoms with Crippen LogP contribution in [0.15, 0.2) is 53.4 Å². The van der Waals surface area contributed by atoms with Gasteiger partial charge in [0.2, 0.25) is 0 Å². The summed E-state index contributed by atoms with van der Waals surface area (Å²) in [7, 11) is -4.33. The van der Waals surface area contributed by atoms with Crippen LogP contribution in [0.1, 0.15) is 5.56 Å². The van der Waals surface area contributed by atoms with Gasteiger partial charge in [-0.2, -0.15) is 21.6 Å². The van der Waals surface area contributed by atoms with Crippen molar-refractivity contribution in [1.82, 2.24) is 0 Å². The molecule has 24 heavy (non-hydrogen) atoms. The lowest BCUT2D eigenvalue weighted by atomic mass is 10.2. The predicted octanol–water partition coefficient (Wildman–Crippen LogP) is 3.60. The van der Waals surface area contributed by atoms with Gasteiger partial charge in [0.1, 0.15) is 0 Å². The molecule has 0 aliphatic rings. The number of alkyl halides is 3. The maximum Gasteiger partial charge on any atom is 0.416 e. The van der Waals surface area contributed by atoms with Crippen LogP contribution in [0.4, 0.5) is 29.3 Å².